The summed E-state index contributed by atoms with van der Waals surface area (Å²) in [6, 6.07) is 10.9. The van der Waals surface area contributed by atoms with Crippen LogP contribution in [-0.2, 0) is 9.59 Å². The fourth-order valence-corrected chi connectivity index (χ4v) is 2.55. The summed E-state index contributed by atoms with van der Waals surface area (Å²) in [5.74, 6) is -0.624. The van der Waals surface area contributed by atoms with Crippen LogP contribution in [0.1, 0.15) is 6.42 Å². The first-order valence-electron chi connectivity index (χ1n) is 7.95. The molecule has 0 saturated heterocycles. The SMILES string of the molecule is COc1ccc(NC(=O)C[C@@H]2Oc3ccccc3NC2=O)cc1OC(F)F. The standard InChI is InChI=1S/C18H16F2N2O5/c1-25-13-7-6-10(8-14(13)27-18(19)20)21-16(23)9-15-17(24)22-11-4-2-3-5-12(11)26-15/h2-8,15,18H,9H2,1H3,(H,21,23)(H,22,24)/t15-/m0/s1. The number of halogens is 2. The van der Waals surface area contributed by atoms with Crippen LogP contribution in [0.4, 0.5) is 20.2 Å². The van der Waals surface area contributed by atoms with Gasteiger partial charge in [0.15, 0.2) is 17.6 Å². The lowest BCUT2D eigenvalue weighted by molar-refractivity contribution is -0.128. The summed E-state index contributed by atoms with van der Waals surface area (Å²) in [5, 5.41) is 5.18. The third-order valence-corrected chi connectivity index (χ3v) is 3.74. The van der Waals surface area contributed by atoms with Gasteiger partial charge in [0.25, 0.3) is 5.91 Å². The smallest absolute Gasteiger partial charge is 0.387 e. The van der Waals surface area contributed by atoms with Crippen LogP contribution in [0.5, 0.6) is 17.2 Å². The van der Waals surface area contributed by atoms with Gasteiger partial charge in [-0.25, -0.2) is 0 Å². The predicted octanol–water partition coefficient (Wildman–Crippen LogP) is 3.02. The fraction of sp³-hybridized carbons (Fsp3) is 0.222. The number of methoxy groups -OCH3 is 1. The van der Waals surface area contributed by atoms with Crippen LogP contribution in [0.3, 0.4) is 0 Å². The highest BCUT2D eigenvalue weighted by molar-refractivity contribution is 6.02. The Balaban J connectivity index is 1.66. The highest BCUT2D eigenvalue weighted by Crippen LogP contribution is 2.32. The van der Waals surface area contributed by atoms with Gasteiger partial charge in [-0.15, -0.1) is 0 Å². The Morgan fingerprint density at radius 2 is 2.04 bits per heavy atom. The van der Waals surface area contributed by atoms with E-state index >= 15 is 0 Å². The molecule has 27 heavy (non-hydrogen) atoms. The number of ether oxygens (including phenoxy) is 3. The highest BCUT2D eigenvalue weighted by Gasteiger charge is 2.29. The van der Waals surface area contributed by atoms with Crippen molar-refractivity contribution in [3.8, 4) is 17.2 Å². The lowest BCUT2D eigenvalue weighted by Crippen LogP contribution is -2.39. The van der Waals surface area contributed by atoms with E-state index in [-0.39, 0.29) is 23.6 Å². The number of anilines is 2. The number of nitrogens with one attached hydrogen (secondary N) is 2. The number of benzene rings is 2. The molecule has 0 unspecified atom stereocenters. The van der Waals surface area contributed by atoms with Crippen molar-refractivity contribution in [2.24, 2.45) is 0 Å². The van der Waals surface area contributed by atoms with Gasteiger partial charge in [0.05, 0.1) is 19.2 Å². The van der Waals surface area contributed by atoms with Crippen molar-refractivity contribution < 1.29 is 32.6 Å². The molecule has 0 spiro atoms. The van der Waals surface area contributed by atoms with E-state index in [9.17, 15) is 18.4 Å². The van der Waals surface area contributed by atoms with Gasteiger partial charge in [-0.05, 0) is 24.3 Å². The Labute approximate surface area is 153 Å². The average molecular weight is 378 g/mol. The summed E-state index contributed by atoms with van der Waals surface area (Å²) < 4.78 is 39.8. The van der Waals surface area contributed by atoms with Crippen LogP contribution in [0.2, 0.25) is 0 Å². The van der Waals surface area contributed by atoms with Crippen molar-refractivity contribution in [3.05, 3.63) is 42.5 Å². The second-order valence-corrected chi connectivity index (χ2v) is 5.59. The topological polar surface area (TPSA) is 85.9 Å². The third kappa shape index (κ3) is 4.43. The van der Waals surface area contributed by atoms with Crippen molar-refractivity contribution in [2.45, 2.75) is 19.1 Å². The third-order valence-electron chi connectivity index (χ3n) is 3.74. The summed E-state index contributed by atoms with van der Waals surface area (Å²) in [6.45, 7) is -3.04. The number of carbonyl (C=O) groups excluding carboxylic acids is 2. The molecule has 0 bridgehead atoms. The fourth-order valence-electron chi connectivity index (χ4n) is 2.55. The van der Waals surface area contributed by atoms with Crippen molar-refractivity contribution in [3.63, 3.8) is 0 Å². The number of hydrogen-bond acceptors (Lipinski definition) is 5. The molecule has 7 nitrogen and oxygen atoms in total. The van der Waals surface area contributed by atoms with E-state index in [0.29, 0.717) is 11.4 Å². The first-order chi connectivity index (χ1) is 13.0. The van der Waals surface area contributed by atoms with Gasteiger partial charge < -0.3 is 24.8 Å². The number of para-hydroxylation sites is 2. The zero-order chi connectivity index (χ0) is 19.4. The summed E-state index contributed by atoms with van der Waals surface area (Å²) in [5.41, 5.74) is 0.746. The normalized spacial score (nSPS) is 15.4. The van der Waals surface area contributed by atoms with Gasteiger partial charge in [0.2, 0.25) is 5.91 Å². The van der Waals surface area contributed by atoms with Crippen LogP contribution < -0.4 is 24.8 Å². The van der Waals surface area contributed by atoms with Gasteiger partial charge in [-0.3, -0.25) is 9.59 Å². The van der Waals surface area contributed by atoms with Crippen LogP contribution in [0.15, 0.2) is 42.5 Å². The molecule has 2 aromatic rings. The summed E-state index contributed by atoms with van der Waals surface area (Å²) in [4.78, 5) is 24.3. The molecule has 2 aromatic carbocycles. The van der Waals surface area contributed by atoms with E-state index in [4.69, 9.17) is 9.47 Å². The number of rotatable bonds is 6. The molecule has 0 radical (unpaired) electrons. The monoisotopic (exact) mass is 378 g/mol. The molecule has 1 heterocycles. The molecule has 0 aliphatic carbocycles. The molecule has 1 aliphatic heterocycles. The molecule has 2 amide bonds. The molecule has 9 heteroatoms. The first-order valence-corrected chi connectivity index (χ1v) is 7.95. The molecular weight excluding hydrogens is 362 g/mol. The quantitative estimate of drug-likeness (QED) is 0.807. The predicted molar refractivity (Wildman–Crippen MR) is 92.4 cm³/mol. The number of alkyl halides is 2. The number of amides is 2. The lowest BCUT2D eigenvalue weighted by atomic mass is 10.1. The van der Waals surface area contributed by atoms with E-state index < -0.39 is 24.5 Å². The summed E-state index contributed by atoms with van der Waals surface area (Å²) in [7, 11) is 1.31. The van der Waals surface area contributed by atoms with E-state index in [1.165, 1.54) is 25.3 Å². The molecule has 1 atom stereocenters. The second-order valence-electron chi connectivity index (χ2n) is 5.59. The Morgan fingerprint density at radius 1 is 1.26 bits per heavy atom. The van der Waals surface area contributed by atoms with Crippen LogP contribution in [0, 0.1) is 0 Å². The van der Waals surface area contributed by atoms with E-state index in [1.807, 2.05) is 0 Å². The van der Waals surface area contributed by atoms with Gasteiger partial charge in [-0.1, -0.05) is 12.1 Å². The van der Waals surface area contributed by atoms with Crippen LogP contribution in [-0.4, -0.2) is 31.6 Å². The van der Waals surface area contributed by atoms with E-state index in [0.717, 1.165) is 0 Å². The lowest BCUT2D eigenvalue weighted by Gasteiger charge is -2.25. The molecule has 0 saturated carbocycles. The maximum Gasteiger partial charge on any atom is 0.387 e. The molecule has 142 valence electrons. The molecular formula is C18H16F2N2O5. The minimum Gasteiger partial charge on any atom is -0.493 e. The zero-order valence-corrected chi connectivity index (χ0v) is 14.2. The van der Waals surface area contributed by atoms with Gasteiger partial charge in [0.1, 0.15) is 5.75 Å². The minimum atomic E-state index is -3.04. The summed E-state index contributed by atoms with van der Waals surface area (Å²) in [6.07, 6.45) is -1.26. The Bertz CT molecular complexity index is 859. The molecule has 3 rings (SSSR count). The average Bonchev–Trinajstić information content (AvgIpc) is 2.62. The number of fused-ring (bicyclic) bond motifs is 1. The molecule has 1 aliphatic rings. The maximum absolute atomic E-state index is 12.5. The Kier molecular flexibility index (Phi) is 5.39. The zero-order valence-electron chi connectivity index (χ0n) is 14.2. The van der Waals surface area contributed by atoms with Gasteiger partial charge in [-0.2, -0.15) is 8.78 Å². The molecule has 0 fully saturated rings. The van der Waals surface area contributed by atoms with Crippen molar-refractivity contribution >= 4 is 23.2 Å². The summed E-state index contributed by atoms with van der Waals surface area (Å²) >= 11 is 0. The molecule has 0 aromatic heterocycles. The van der Waals surface area contributed by atoms with Crippen LogP contribution in [0.25, 0.3) is 0 Å². The van der Waals surface area contributed by atoms with E-state index in [1.54, 1.807) is 24.3 Å². The minimum absolute atomic E-state index is 0.0971. The van der Waals surface area contributed by atoms with Crippen molar-refractivity contribution in [2.75, 3.05) is 17.7 Å². The Morgan fingerprint density at radius 3 is 2.78 bits per heavy atom. The van der Waals surface area contributed by atoms with Gasteiger partial charge in [0, 0.05) is 11.8 Å². The second kappa shape index (κ2) is 7.90. The first kappa shape index (κ1) is 18.4. The van der Waals surface area contributed by atoms with Gasteiger partial charge >= 0.3 is 6.61 Å². The van der Waals surface area contributed by atoms with Crippen molar-refractivity contribution in [1.29, 1.82) is 0 Å². The Hall–Kier alpha value is -3.36. The number of carbonyl (C=O) groups is 2. The number of hydrogen-bond donors (Lipinski definition) is 2. The van der Waals surface area contributed by atoms with Crippen LogP contribution >= 0.6 is 0 Å². The largest absolute Gasteiger partial charge is 0.493 e. The van der Waals surface area contributed by atoms with E-state index in [2.05, 4.69) is 15.4 Å². The maximum atomic E-state index is 12.5. The molecule has 2 N–H and O–H groups in total. The van der Waals surface area contributed by atoms with Crippen molar-refractivity contribution in [1.82, 2.24) is 0 Å². The highest BCUT2D eigenvalue weighted by atomic mass is 19.3.